The third-order valence-electron chi connectivity index (χ3n) is 10.3. The summed E-state index contributed by atoms with van der Waals surface area (Å²) in [5.74, 6) is 0. The number of hydrogen-bond acceptors (Lipinski definition) is 2. The van der Waals surface area contributed by atoms with Crippen LogP contribution in [0.15, 0.2) is 192 Å². The van der Waals surface area contributed by atoms with Gasteiger partial charge in [-0.2, -0.15) is 0 Å². The fourth-order valence-electron chi connectivity index (χ4n) is 8.26. The van der Waals surface area contributed by atoms with E-state index in [1.807, 2.05) is 6.07 Å². The molecule has 0 saturated heterocycles. The first-order chi connectivity index (χ1) is 24.3. The molecule has 0 amide bonds. The summed E-state index contributed by atoms with van der Waals surface area (Å²) < 4.78 is 6.42. The van der Waals surface area contributed by atoms with E-state index in [1.54, 1.807) is 0 Å². The molecule has 1 aliphatic rings. The molecule has 0 aliphatic heterocycles. The zero-order valence-corrected chi connectivity index (χ0v) is 26.8. The molecule has 10 rings (SSSR count). The highest BCUT2D eigenvalue weighted by atomic mass is 16.3. The zero-order chi connectivity index (χ0) is 32.4. The van der Waals surface area contributed by atoms with Crippen molar-refractivity contribution in [1.82, 2.24) is 0 Å². The average Bonchev–Trinajstić information content (AvgIpc) is 3.70. The van der Waals surface area contributed by atoms with Crippen molar-refractivity contribution in [1.29, 1.82) is 0 Å². The first-order valence-electron chi connectivity index (χ1n) is 16.9. The van der Waals surface area contributed by atoms with E-state index in [-0.39, 0.29) is 0 Å². The van der Waals surface area contributed by atoms with Crippen LogP contribution in [0.1, 0.15) is 22.3 Å². The Bertz CT molecular complexity index is 2630. The predicted molar refractivity (Wildman–Crippen MR) is 203 cm³/mol. The summed E-state index contributed by atoms with van der Waals surface area (Å²) >= 11 is 0. The third-order valence-corrected chi connectivity index (χ3v) is 10.3. The second kappa shape index (κ2) is 10.8. The van der Waals surface area contributed by atoms with Crippen molar-refractivity contribution in [3.8, 4) is 11.1 Å². The van der Waals surface area contributed by atoms with Gasteiger partial charge in [0.15, 0.2) is 0 Å². The van der Waals surface area contributed by atoms with Gasteiger partial charge < -0.3 is 9.32 Å². The molecule has 0 spiro atoms. The van der Waals surface area contributed by atoms with Crippen molar-refractivity contribution in [2.24, 2.45) is 0 Å². The van der Waals surface area contributed by atoms with Crippen LogP contribution in [0.25, 0.3) is 43.8 Å². The first-order valence-corrected chi connectivity index (χ1v) is 16.9. The number of anilines is 3. The van der Waals surface area contributed by atoms with Gasteiger partial charge in [-0.05, 0) is 86.6 Å². The molecule has 0 fully saturated rings. The molecule has 0 saturated carbocycles. The molecule has 2 nitrogen and oxygen atoms in total. The molecule has 9 aromatic rings. The highest BCUT2D eigenvalue weighted by Gasteiger charge is 2.46. The van der Waals surface area contributed by atoms with E-state index in [4.69, 9.17) is 4.42 Å². The lowest BCUT2D eigenvalue weighted by Gasteiger charge is -2.35. The Morgan fingerprint density at radius 1 is 0.408 bits per heavy atom. The van der Waals surface area contributed by atoms with Crippen molar-refractivity contribution in [2.75, 3.05) is 4.90 Å². The van der Waals surface area contributed by atoms with Crippen LogP contribution in [0.5, 0.6) is 0 Å². The van der Waals surface area contributed by atoms with Gasteiger partial charge in [0.1, 0.15) is 11.2 Å². The van der Waals surface area contributed by atoms with Crippen LogP contribution in [0.4, 0.5) is 17.1 Å². The number of fused-ring (bicyclic) bond motifs is 7. The predicted octanol–water partition coefficient (Wildman–Crippen LogP) is 12.6. The number of hydrogen-bond donors (Lipinski definition) is 0. The lowest BCUT2D eigenvalue weighted by atomic mass is 9.67. The molecule has 2 heteroatoms. The minimum absolute atomic E-state index is 0.492. The zero-order valence-electron chi connectivity index (χ0n) is 26.8. The highest BCUT2D eigenvalue weighted by Crippen LogP contribution is 2.57. The van der Waals surface area contributed by atoms with Crippen LogP contribution in [-0.2, 0) is 5.41 Å². The average molecular weight is 626 g/mol. The SMILES string of the molecule is c1ccc(C2(c3ccccc3)c3ccccc3-c3ccc(N(c4ccc5ccccc5c4)c4cccc5oc6ccccc6c45)cc32)cc1. The largest absolute Gasteiger partial charge is 0.456 e. The van der Waals surface area contributed by atoms with Crippen LogP contribution in [-0.4, -0.2) is 0 Å². The van der Waals surface area contributed by atoms with Gasteiger partial charge in [0.25, 0.3) is 0 Å². The standard InChI is InChI=1S/C47H31NO/c1-3-16-34(17-4-1)47(35-18-5-2-6-19-35)41-22-11-9-20-38(41)39-29-28-37(31-42(39)47)48(36-27-26-32-14-7-8-15-33(32)30-36)43-23-13-25-45-46(43)40-21-10-12-24-44(40)49-45/h1-31H. The Morgan fingerprint density at radius 2 is 1.02 bits per heavy atom. The van der Waals surface area contributed by atoms with E-state index in [2.05, 4.69) is 187 Å². The molecule has 1 heterocycles. The summed E-state index contributed by atoms with van der Waals surface area (Å²) in [5.41, 5.74) is 12.2. The van der Waals surface area contributed by atoms with E-state index in [1.165, 1.54) is 44.2 Å². The van der Waals surface area contributed by atoms with Gasteiger partial charge in [0.05, 0.1) is 16.5 Å². The Morgan fingerprint density at radius 3 is 1.84 bits per heavy atom. The second-order valence-electron chi connectivity index (χ2n) is 12.9. The minimum atomic E-state index is -0.492. The molecule has 8 aromatic carbocycles. The molecule has 0 radical (unpaired) electrons. The molecule has 0 atom stereocenters. The summed E-state index contributed by atoms with van der Waals surface area (Å²) in [6.07, 6.45) is 0. The van der Waals surface area contributed by atoms with Crippen molar-refractivity contribution < 1.29 is 4.42 Å². The summed E-state index contributed by atoms with van der Waals surface area (Å²) in [6, 6.07) is 68.1. The molecule has 0 unspecified atom stereocenters. The topological polar surface area (TPSA) is 16.4 Å². The van der Waals surface area contributed by atoms with Gasteiger partial charge in [-0.3, -0.25) is 0 Å². The van der Waals surface area contributed by atoms with Crippen LogP contribution < -0.4 is 4.90 Å². The van der Waals surface area contributed by atoms with E-state index in [0.717, 1.165) is 39.0 Å². The number of rotatable bonds is 5. The van der Waals surface area contributed by atoms with E-state index >= 15 is 0 Å². The Labute approximate surface area is 285 Å². The molecule has 230 valence electrons. The van der Waals surface area contributed by atoms with Crippen molar-refractivity contribution >= 4 is 49.8 Å². The fraction of sp³-hybridized carbons (Fsp3) is 0.0213. The van der Waals surface area contributed by atoms with Gasteiger partial charge in [0, 0.05) is 16.8 Å². The smallest absolute Gasteiger partial charge is 0.137 e. The number of furan rings is 1. The van der Waals surface area contributed by atoms with Gasteiger partial charge in [-0.15, -0.1) is 0 Å². The highest BCUT2D eigenvalue weighted by molar-refractivity contribution is 6.13. The van der Waals surface area contributed by atoms with Crippen molar-refractivity contribution in [3.05, 3.63) is 210 Å². The van der Waals surface area contributed by atoms with Gasteiger partial charge in [0.2, 0.25) is 0 Å². The Kier molecular flexibility index (Phi) is 6.13. The van der Waals surface area contributed by atoms with E-state index < -0.39 is 5.41 Å². The van der Waals surface area contributed by atoms with Crippen LogP contribution in [0.3, 0.4) is 0 Å². The normalized spacial score (nSPS) is 13.1. The molecule has 49 heavy (non-hydrogen) atoms. The molecular weight excluding hydrogens is 595 g/mol. The summed E-state index contributed by atoms with van der Waals surface area (Å²) in [7, 11) is 0. The van der Waals surface area contributed by atoms with E-state index in [9.17, 15) is 0 Å². The van der Waals surface area contributed by atoms with Crippen molar-refractivity contribution in [2.45, 2.75) is 5.41 Å². The maximum Gasteiger partial charge on any atom is 0.137 e. The number of para-hydroxylation sites is 1. The lowest BCUT2D eigenvalue weighted by Crippen LogP contribution is -2.28. The Balaban J connectivity index is 1.30. The molecule has 1 aliphatic carbocycles. The maximum absolute atomic E-state index is 6.42. The Hall–Kier alpha value is -6.38. The summed E-state index contributed by atoms with van der Waals surface area (Å²) in [4.78, 5) is 2.42. The third kappa shape index (κ3) is 4.07. The number of benzene rings is 8. The molecule has 1 aromatic heterocycles. The van der Waals surface area contributed by atoms with Gasteiger partial charge >= 0.3 is 0 Å². The maximum atomic E-state index is 6.42. The van der Waals surface area contributed by atoms with Gasteiger partial charge in [-0.1, -0.05) is 146 Å². The van der Waals surface area contributed by atoms with E-state index in [0.29, 0.717) is 0 Å². The summed E-state index contributed by atoms with van der Waals surface area (Å²) in [6.45, 7) is 0. The molecule has 0 N–H and O–H groups in total. The molecular formula is C47H31NO. The quantitative estimate of drug-likeness (QED) is 0.189. The van der Waals surface area contributed by atoms with Crippen LogP contribution in [0, 0.1) is 0 Å². The van der Waals surface area contributed by atoms with Crippen LogP contribution >= 0.6 is 0 Å². The minimum Gasteiger partial charge on any atom is -0.456 e. The summed E-state index contributed by atoms with van der Waals surface area (Å²) in [5, 5.41) is 4.63. The monoisotopic (exact) mass is 625 g/mol. The number of nitrogens with zero attached hydrogens (tertiary/aromatic N) is 1. The lowest BCUT2D eigenvalue weighted by molar-refractivity contribution is 0.669. The first kappa shape index (κ1) is 27.7. The van der Waals surface area contributed by atoms with Gasteiger partial charge in [-0.25, -0.2) is 0 Å². The van der Waals surface area contributed by atoms with Crippen molar-refractivity contribution in [3.63, 3.8) is 0 Å². The second-order valence-corrected chi connectivity index (χ2v) is 12.9. The fourth-order valence-corrected chi connectivity index (χ4v) is 8.26. The van der Waals surface area contributed by atoms with Crippen LogP contribution in [0.2, 0.25) is 0 Å². The molecule has 0 bridgehead atoms.